The standard InChI is InChI=1S/C28H32O9/c1-13-21(31)35-18-12-23(13,2)19-20(30)27(34)16-9-8-14-6-5-7-17(29)24(14,3)15(16)10-11-26(33)22(32)36-25(18,4)28(19,26)37-27/h5,7-8,13,15-16,18-19,33-34H,6,9-12H2,1-4H3/t13-,15+,16-,18-,19+,23-,24+,25+,26+,27-,28+/m1/s1. The van der Waals surface area contributed by atoms with Crippen molar-refractivity contribution in [1.29, 1.82) is 0 Å². The molecule has 1 spiro atoms. The van der Waals surface area contributed by atoms with Gasteiger partial charge in [-0.15, -0.1) is 0 Å². The van der Waals surface area contributed by atoms with Crippen molar-refractivity contribution in [3.63, 3.8) is 0 Å². The van der Waals surface area contributed by atoms with Gasteiger partial charge in [-0.2, -0.15) is 0 Å². The van der Waals surface area contributed by atoms with Crippen LogP contribution in [0.15, 0.2) is 23.8 Å². The molecule has 9 heteroatoms. The summed E-state index contributed by atoms with van der Waals surface area (Å²) in [6, 6.07) is 0. The molecule has 0 radical (unpaired) electrons. The van der Waals surface area contributed by atoms with Gasteiger partial charge < -0.3 is 24.4 Å². The summed E-state index contributed by atoms with van der Waals surface area (Å²) in [5.41, 5.74) is -7.09. The lowest BCUT2D eigenvalue weighted by molar-refractivity contribution is -0.346. The van der Waals surface area contributed by atoms with Crippen LogP contribution in [-0.2, 0) is 33.4 Å². The van der Waals surface area contributed by atoms with Gasteiger partial charge in [-0.1, -0.05) is 31.6 Å². The van der Waals surface area contributed by atoms with E-state index in [1.54, 1.807) is 19.9 Å². The molecule has 0 aromatic carbocycles. The maximum atomic E-state index is 14.6. The lowest BCUT2D eigenvalue weighted by atomic mass is 9.46. The van der Waals surface area contributed by atoms with Crippen molar-refractivity contribution in [2.45, 2.75) is 88.5 Å². The second-order valence-electron chi connectivity index (χ2n) is 12.9. The molecule has 198 valence electrons. The molecule has 1 saturated carbocycles. The number of Topliss-reactive ketones (excluding diaryl/α,β-unsaturated/α-hetero) is 1. The number of hydrogen-bond donors (Lipinski definition) is 2. The van der Waals surface area contributed by atoms with E-state index in [0.29, 0.717) is 12.8 Å². The highest BCUT2D eigenvalue weighted by molar-refractivity contribution is 6.00. The average molecular weight is 513 g/mol. The Hall–Kier alpha value is -2.36. The molecule has 7 rings (SSSR count). The van der Waals surface area contributed by atoms with Gasteiger partial charge in [0.1, 0.15) is 6.10 Å². The second kappa shape index (κ2) is 6.43. The van der Waals surface area contributed by atoms with Gasteiger partial charge in [-0.3, -0.25) is 14.4 Å². The summed E-state index contributed by atoms with van der Waals surface area (Å²) >= 11 is 0. The van der Waals surface area contributed by atoms with Crippen molar-refractivity contribution in [3.05, 3.63) is 23.8 Å². The molecule has 4 heterocycles. The predicted octanol–water partition coefficient (Wildman–Crippen LogP) is 1.54. The number of hydrogen-bond acceptors (Lipinski definition) is 9. The zero-order valence-electron chi connectivity index (χ0n) is 21.4. The van der Waals surface area contributed by atoms with Crippen LogP contribution in [-0.4, -0.2) is 62.4 Å². The maximum absolute atomic E-state index is 14.6. The van der Waals surface area contributed by atoms with Gasteiger partial charge >= 0.3 is 11.9 Å². The minimum Gasteiger partial charge on any atom is -0.458 e. The number of rotatable bonds is 0. The van der Waals surface area contributed by atoms with Crippen LogP contribution in [0.4, 0.5) is 0 Å². The van der Waals surface area contributed by atoms with Gasteiger partial charge in [-0.05, 0) is 63.4 Å². The first kappa shape index (κ1) is 23.7. The zero-order valence-corrected chi connectivity index (χ0v) is 21.4. The Kier molecular flexibility index (Phi) is 4.13. The van der Waals surface area contributed by atoms with E-state index < -0.39 is 80.9 Å². The molecular formula is C28H32O9. The number of ketones is 2. The van der Waals surface area contributed by atoms with Gasteiger partial charge in [0.2, 0.25) is 5.79 Å². The molecule has 4 aliphatic heterocycles. The SMILES string of the molecule is C[C@@H]1C(=O)O[C@@H]2C[C@@]1(C)[C@@H]1C(=O)[C@]3(O)O[C@]14[C@@]2(C)OC(=O)[C@@]4(O)CC[C@H]1[C@H]3CC=C2CC=CC(=O)[C@@]21C. The van der Waals surface area contributed by atoms with Crippen molar-refractivity contribution < 1.29 is 43.6 Å². The Bertz CT molecular complexity index is 1270. The Morgan fingerprint density at radius 2 is 1.78 bits per heavy atom. The Balaban J connectivity index is 1.50. The van der Waals surface area contributed by atoms with Crippen LogP contribution in [0.5, 0.6) is 0 Å². The van der Waals surface area contributed by atoms with Gasteiger partial charge in [0.15, 0.2) is 28.4 Å². The zero-order chi connectivity index (χ0) is 26.6. The van der Waals surface area contributed by atoms with Gasteiger partial charge in [-0.25, -0.2) is 4.79 Å². The number of allylic oxidation sites excluding steroid dienone is 4. The molecule has 3 aliphatic carbocycles. The summed E-state index contributed by atoms with van der Waals surface area (Å²) in [6.07, 6.45) is 5.49. The van der Waals surface area contributed by atoms with Gasteiger partial charge in [0.05, 0.1) is 17.3 Å². The molecule has 4 saturated heterocycles. The first-order valence-corrected chi connectivity index (χ1v) is 13.3. The van der Waals surface area contributed by atoms with Crippen LogP contribution in [0.3, 0.4) is 0 Å². The second-order valence-corrected chi connectivity index (χ2v) is 12.9. The molecular weight excluding hydrogens is 480 g/mol. The van der Waals surface area contributed by atoms with E-state index in [1.807, 2.05) is 13.0 Å². The largest absolute Gasteiger partial charge is 0.458 e. The summed E-state index contributed by atoms with van der Waals surface area (Å²) in [5.74, 6) is -7.97. The molecule has 0 aromatic rings. The van der Waals surface area contributed by atoms with E-state index in [-0.39, 0.29) is 25.0 Å². The number of aliphatic hydroxyl groups is 2. The number of ether oxygens (including phenoxy) is 3. The van der Waals surface area contributed by atoms with Crippen molar-refractivity contribution in [3.8, 4) is 0 Å². The van der Waals surface area contributed by atoms with E-state index in [2.05, 4.69) is 0 Å². The number of carbonyl (C=O) groups excluding carboxylic acids is 4. The minimum absolute atomic E-state index is 0.118. The van der Waals surface area contributed by atoms with Crippen LogP contribution >= 0.6 is 0 Å². The van der Waals surface area contributed by atoms with Crippen LogP contribution < -0.4 is 0 Å². The number of esters is 2. The highest BCUT2D eigenvalue weighted by Crippen LogP contribution is 2.73. The summed E-state index contributed by atoms with van der Waals surface area (Å²) < 4.78 is 18.1. The Morgan fingerprint density at radius 1 is 1.05 bits per heavy atom. The third-order valence-electron chi connectivity index (χ3n) is 11.8. The minimum atomic E-state index is -2.39. The van der Waals surface area contributed by atoms with Gasteiger partial charge in [0, 0.05) is 5.92 Å². The Labute approximate surface area is 214 Å². The first-order chi connectivity index (χ1) is 17.2. The first-order valence-electron chi connectivity index (χ1n) is 13.3. The van der Waals surface area contributed by atoms with Crippen molar-refractivity contribution in [2.75, 3.05) is 0 Å². The van der Waals surface area contributed by atoms with Crippen LogP contribution in [0.2, 0.25) is 0 Å². The smallest absolute Gasteiger partial charge is 0.342 e. The quantitative estimate of drug-likeness (QED) is 0.366. The monoisotopic (exact) mass is 512 g/mol. The molecule has 7 aliphatic rings. The summed E-state index contributed by atoms with van der Waals surface area (Å²) in [7, 11) is 0. The van der Waals surface area contributed by atoms with Crippen LogP contribution in [0.25, 0.3) is 0 Å². The van der Waals surface area contributed by atoms with Crippen molar-refractivity contribution >= 4 is 23.5 Å². The Morgan fingerprint density at radius 3 is 2.51 bits per heavy atom. The lowest BCUT2D eigenvalue weighted by Crippen LogP contribution is -2.78. The fraction of sp³-hybridized carbons (Fsp3) is 0.714. The number of carbonyl (C=O) groups is 4. The van der Waals surface area contributed by atoms with E-state index in [4.69, 9.17) is 14.2 Å². The molecule has 4 bridgehead atoms. The third kappa shape index (κ3) is 2.17. The molecule has 11 atom stereocenters. The lowest BCUT2D eigenvalue weighted by Gasteiger charge is -2.61. The highest BCUT2D eigenvalue weighted by Gasteiger charge is 2.91. The molecule has 0 unspecified atom stereocenters. The number of fused-ring (bicyclic) bond motifs is 9. The summed E-state index contributed by atoms with van der Waals surface area (Å²) in [4.78, 5) is 54.5. The van der Waals surface area contributed by atoms with Gasteiger partial charge in [0.25, 0.3) is 0 Å². The van der Waals surface area contributed by atoms with Crippen molar-refractivity contribution in [2.24, 2.45) is 34.5 Å². The summed E-state index contributed by atoms with van der Waals surface area (Å²) in [6.45, 7) is 6.80. The molecule has 0 amide bonds. The van der Waals surface area contributed by atoms with E-state index in [9.17, 15) is 29.4 Å². The van der Waals surface area contributed by atoms with Crippen LogP contribution in [0, 0.1) is 34.5 Å². The van der Waals surface area contributed by atoms with E-state index in [1.165, 1.54) is 13.0 Å². The average Bonchev–Trinajstić information content (AvgIpc) is 3.19. The normalized spacial score (nSPS) is 57.4. The molecule has 37 heavy (non-hydrogen) atoms. The fourth-order valence-electron chi connectivity index (χ4n) is 9.47. The third-order valence-corrected chi connectivity index (χ3v) is 11.8. The van der Waals surface area contributed by atoms with E-state index in [0.717, 1.165) is 5.57 Å². The highest BCUT2D eigenvalue weighted by atomic mass is 16.7. The molecule has 9 nitrogen and oxygen atoms in total. The topological polar surface area (TPSA) is 136 Å². The molecule has 2 N–H and O–H groups in total. The predicted molar refractivity (Wildman–Crippen MR) is 124 cm³/mol. The molecule has 5 fully saturated rings. The molecule has 0 aromatic heterocycles. The van der Waals surface area contributed by atoms with Crippen molar-refractivity contribution in [1.82, 2.24) is 0 Å². The maximum Gasteiger partial charge on any atom is 0.342 e. The summed E-state index contributed by atoms with van der Waals surface area (Å²) in [5, 5.41) is 24.6. The van der Waals surface area contributed by atoms with Crippen LogP contribution in [0.1, 0.15) is 59.8 Å². The fourth-order valence-corrected chi connectivity index (χ4v) is 9.47. The van der Waals surface area contributed by atoms with E-state index >= 15 is 0 Å².